The molecule has 0 aliphatic heterocycles. The standard InChI is InChI=1S/C67H45N5O2/c1-42-19-9-13-29-56(42)69(60-33-17-27-52-48-25-11-15-31-58(48)71(64(52)60)44-21-5-3-6-22-44)46-35-37-50-54-41-55-51-38-36-47(40-63(51)74-67(55)68-66(54)73-62(50)39-46)70(57-30-14-10-20-43(57)2)61-34-18-28-53-49-26-12-16-32-59(49)72(65(53)61)45-23-7-4-8-24-45/h3-41H,1-2H3. The number of aromatic nitrogens is 3. The lowest BCUT2D eigenvalue weighted by Gasteiger charge is -2.28. The average molecular weight is 952 g/mol. The zero-order chi connectivity index (χ0) is 49.0. The molecule has 0 fully saturated rings. The number of furan rings is 2. The Labute approximate surface area is 425 Å². The van der Waals surface area contributed by atoms with E-state index in [4.69, 9.17) is 13.8 Å². The van der Waals surface area contributed by atoms with E-state index in [-0.39, 0.29) is 0 Å². The highest BCUT2D eigenvalue weighted by Crippen LogP contribution is 2.48. The number of hydrogen-bond acceptors (Lipinski definition) is 5. The van der Waals surface area contributed by atoms with E-state index in [1.807, 2.05) is 0 Å². The van der Waals surface area contributed by atoms with Gasteiger partial charge in [-0.25, -0.2) is 0 Å². The van der Waals surface area contributed by atoms with Crippen LogP contribution in [0, 0.1) is 13.8 Å². The van der Waals surface area contributed by atoms with Gasteiger partial charge in [-0.1, -0.05) is 133 Å². The number of rotatable bonds is 8. The van der Waals surface area contributed by atoms with Crippen molar-refractivity contribution in [2.45, 2.75) is 13.8 Å². The predicted octanol–water partition coefficient (Wildman–Crippen LogP) is 18.6. The third kappa shape index (κ3) is 6.29. The number of nitrogens with zero attached hydrogens (tertiary/aromatic N) is 5. The Bertz CT molecular complexity index is 4420. The second-order valence-corrected chi connectivity index (χ2v) is 19.2. The maximum atomic E-state index is 6.77. The highest BCUT2D eigenvalue weighted by molar-refractivity contribution is 6.18. The minimum atomic E-state index is 0.527. The predicted molar refractivity (Wildman–Crippen MR) is 306 cm³/mol. The normalized spacial score (nSPS) is 11.9. The smallest absolute Gasteiger partial charge is 0.230 e. The summed E-state index contributed by atoms with van der Waals surface area (Å²) in [6.45, 7) is 4.35. The van der Waals surface area contributed by atoms with Crippen LogP contribution in [0.1, 0.15) is 11.1 Å². The molecular weight excluding hydrogens is 907 g/mol. The monoisotopic (exact) mass is 951 g/mol. The molecule has 10 aromatic carbocycles. The highest BCUT2D eigenvalue weighted by atomic mass is 16.4. The minimum absolute atomic E-state index is 0.527. The van der Waals surface area contributed by atoms with Crippen LogP contribution >= 0.6 is 0 Å². The van der Waals surface area contributed by atoms with Crippen molar-refractivity contribution in [2.75, 3.05) is 9.80 Å². The van der Waals surface area contributed by atoms with Crippen molar-refractivity contribution in [3.05, 3.63) is 248 Å². The van der Waals surface area contributed by atoms with Crippen molar-refractivity contribution in [1.29, 1.82) is 0 Å². The quantitative estimate of drug-likeness (QED) is 0.152. The van der Waals surface area contributed by atoms with Gasteiger partial charge >= 0.3 is 0 Å². The molecule has 0 saturated carbocycles. The summed E-state index contributed by atoms with van der Waals surface area (Å²) in [5.41, 5.74) is 17.9. The van der Waals surface area contributed by atoms with Gasteiger partial charge in [0.25, 0.3) is 0 Å². The molecule has 0 aliphatic carbocycles. The van der Waals surface area contributed by atoms with E-state index in [1.54, 1.807) is 0 Å². The molecule has 350 valence electrons. The molecule has 5 aromatic heterocycles. The Hall–Kier alpha value is -9.85. The summed E-state index contributed by atoms with van der Waals surface area (Å²) in [6, 6.07) is 84.3. The molecule has 15 aromatic rings. The first-order chi connectivity index (χ1) is 36.6. The molecule has 0 amide bonds. The van der Waals surface area contributed by atoms with Crippen molar-refractivity contribution >= 4 is 122 Å². The Morgan fingerprint density at radius 1 is 0.324 bits per heavy atom. The molecule has 0 unspecified atom stereocenters. The van der Waals surface area contributed by atoms with Crippen molar-refractivity contribution < 1.29 is 8.83 Å². The molecule has 74 heavy (non-hydrogen) atoms. The van der Waals surface area contributed by atoms with E-state index in [2.05, 4.69) is 269 Å². The lowest BCUT2D eigenvalue weighted by molar-refractivity contribution is 0.631. The fraction of sp³-hybridized carbons (Fsp3) is 0.0299. The molecule has 0 aliphatic rings. The third-order valence-corrected chi connectivity index (χ3v) is 15.0. The first-order valence-corrected chi connectivity index (χ1v) is 25.1. The maximum absolute atomic E-state index is 6.77. The van der Waals surface area contributed by atoms with Crippen LogP contribution in [0.15, 0.2) is 245 Å². The van der Waals surface area contributed by atoms with Crippen LogP contribution in [0.2, 0.25) is 0 Å². The lowest BCUT2D eigenvalue weighted by atomic mass is 10.1. The summed E-state index contributed by atoms with van der Waals surface area (Å²) in [5.74, 6) is 0. The van der Waals surface area contributed by atoms with Crippen molar-refractivity contribution in [1.82, 2.24) is 14.1 Å². The van der Waals surface area contributed by atoms with Crippen LogP contribution in [0.3, 0.4) is 0 Å². The molecule has 5 heterocycles. The summed E-state index contributed by atoms with van der Waals surface area (Å²) < 4.78 is 18.3. The topological polar surface area (TPSA) is 55.5 Å². The number of benzene rings is 10. The molecule has 0 atom stereocenters. The molecule has 0 N–H and O–H groups in total. The Morgan fingerprint density at radius 2 is 0.716 bits per heavy atom. The van der Waals surface area contributed by atoms with Crippen LogP contribution in [0.4, 0.5) is 34.1 Å². The molecule has 7 heteroatoms. The second-order valence-electron chi connectivity index (χ2n) is 19.2. The van der Waals surface area contributed by atoms with E-state index in [0.717, 1.165) is 111 Å². The van der Waals surface area contributed by atoms with Crippen LogP contribution < -0.4 is 9.80 Å². The van der Waals surface area contributed by atoms with E-state index in [0.29, 0.717) is 11.4 Å². The Morgan fingerprint density at radius 3 is 1.18 bits per heavy atom. The Kier molecular flexibility index (Phi) is 9.25. The summed E-state index contributed by atoms with van der Waals surface area (Å²) in [6.07, 6.45) is 0. The van der Waals surface area contributed by atoms with Crippen molar-refractivity contribution in [3.63, 3.8) is 0 Å². The summed E-state index contributed by atoms with van der Waals surface area (Å²) in [4.78, 5) is 9.86. The number of fused-ring (bicyclic) bond motifs is 12. The van der Waals surface area contributed by atoms with Crippen LogP contribution in [0.25, 0.3) is 99.1 Å². The molecular formula is C67H45N5O2. The number of anilines is 6. The number of para-hydroxylation sites is 8. The second kappa shape index (κ2) is 16.3. The van der Waals surface area contributed by atoms with Crippen molar-refractivity contribution in [2.24, 2.45) is 0 Å². The molecule has 0 radical (unpaired) electrons. The summed E-state index contributed by atoms with van der Waals surface area (Å²) in [5, 5.41) is 8.61. The van der Waals surface area contributed by atoms with Gasteiger partial charge in [-0.3, -0.25) is 0 Å². The Balaban J connectivity index is 0.885. The molecule has 7 nitrogen and oxygen atoms in total. The van der Waals surface area contributed by atoms with E-state index >= 15 is 0 Å². The van der Waals surface area contributed by atoms with Gasteiger partial charge < -0.3 is 27.8 Å². The minimum Gasteiger partial charge on any atom is -0.438 e. The van der Waals surface area contributed by atoms with Crippen LogP contribution in [0.5, 0.6) is 0 Å². The van der Waals surface area contributed by atoms with E-state index in [1.165, 1.54) is 21.5 Å². The fourth-order valence-electron chi connectivity index (χ4n) is 11.6. The zero-order valence-corrected chi connectivity index (χ0v) is 40.6. The summed E-state index contributed by atoms with van der Waals surface area (Å²) >= 11 is 0. The van der Waals surface area contributed by atoms with Gasteiger partial charge in [-0.15, -0.1) is 0 Å². The van der Waals surface area contributed by atoms with Gasteiger partial charge in [-0.2, -0.15) is 4.98 Å². The number of aryl methyl sites for hydroxylation is 2. The largest absolute Gasteiger partial charge is 0.438 e. The van der Waals surface area contributed by atoms with E-state index < -0.39 is 0 Å². The lowest BCUT2D eigenvalue weighted by Crippen LogP contribution is -2.12. The molecule has 15 rings (SSSR count). The molecule has 0 saturated heterocycles. The summed E-state index contributed by atoms with van der Waals surface area (Å²) in [7, 11) is 0. The zero-order valence-electron chi connectivity index (χ0n) is 40.6. The van der Waals surface area contributed by atoms with Gasteiger partial charge in [-0.05, 0) is 116 Å². The van der Waals surface area contributed by atoms with Crippen LogP contribution in [-0.2, 0) is 0 Å². The van der Waals surface area contributed by atoms with Crippen LogP contribution in [-0.4, -0.2) is 14.1 Å². The first-order valence-electron chi connectivity index (χ1n) is 25.1. The van der Waals surface area contributed by atoms with Gasteiger partial charge in [0.2, 0.25) is 11.4 Å². The fourth-order valence-corrected chi connectivity index (χ4v) is 11.6. The number of hydrogen-bond donors (Lipinski definition) is 0. The average Bonchev–Trinajstić information content (AvgIpc) is 4.20. The van der Waals surface area contributed by atoms with Gasteiger partial charge in [0.15, 0.2) is 0 Å². The molecule has 0 bridgehead atoms. The van der Waals surface area contributed by atoms with E-state index in [9.17, 15) is 0 Å². The maximum Gasteiger partial charge on any atom is 0.230 e. The first kappa shape index (κ1) is 41.9. The van der Waals surface area contributed by atoms with Gasteiger partial charge in [0.05, 0.1) is 33.4 Å². The highest BCUT2D eigenvalue weighted by Gasteiger charge is 2.26. The number of pyridine rings is 1. The molecule has 0 spiro atoms. The van der Waals surface area contributed by atoms with Gasteiger partial charge in [0, 0.05) is 89.3 Å². The third-order valence-electron chi connectivity index (χ3n) is 15.0. The van der Waals surface area contributed by atoms with Gasteiger partial charge in [0.1, 0.15) is 11.2 Å². The van der Waals surface area contributed by atoms with Crippen molar-refractivity contribution in [3.8, 4) is 11.4 Å². The SMILES string of the molecule is Cc1ccccc1N(c1ccc2c(c1)oc1nc3oc4cc(N(c5ccccc5C)c5cccc6c7ccccc7n(-c7ccccc7)c56)ccc4c3cc12)c1cccc2c3ccccc3n(-c3ccccc3)c12.